The van der Waals surface area contributed by atoms with Crippen LogP contribution in [0.4, 0.5) is 4.39 Å². The van der Waals surface area contributed by atoms with Gasteiger partial charge in [-0.15, -0.1) is 0 Å². The number of aryl methyl sites for hydroxylation is 1. The third-order valence-electron chi connectivity index (χ3n) is 2.82. The van der Waals surface area contributed by atoms with E-state index < -0.39 is 20.8 Å². The molecule has 0 radical (unpaired) electrons. The molecule has 0 heterocycles. The van der Waals surface area contributed by atoms with Gasteiger partial charge in [-0.2, -0.15) is 0 Å². The average Bonchev–Trinajstić information content (AvgIpc) is 2.38. The zero-order chi connectivity index (χ0) is 16.2. The minimum absolute atomic E-state index is 0.0341. The van der Waals surface area contributed by atoms with E-state index in [9.17, 15) is 17.6 Å². The molecule has 1 aromatic rings. The van der Waals surface area contributed by atoms with Crippen LogP contribution in [0, 0.1) is 18.7 Å². The van der Waals surface area contributed by atoms with Crippen molar-refractivity contribution in [2.24, 2.45) is 5.92 Å². The first-order valence-corrected chi connectivity index (χ1v) is 8.49. The summed E-state index contributed by atoms with van der Waals surface area (Å²) in [7, 11) is 2.74. The van der Waals surface area contributed by atoms with E-state index in [0.29, 0.717) is 6.61 Å². The lowest BCUT2D eigenvalue weighted by Gasteiger charge is -2.13. The van der Waals surface area contributed by atoms with Crippen LogP contribution in [0.25, 0.3) is 0 Å². The van der Waals surface area contributed by atoms with Gasteiger partial charge in [0.1, 0.15) is 5.82 Å². The molecule has 0 spiro atoms. The van der Waals surface area contributed by atoms with Gasteiger partial charge < -0.3 is 10.1 Å². The molecule has 1 atom stereocenters. The second kappa shape index (κ2) is 7.20. The quantitative estimate of drug-likeness (QED) is 0.807. The predicted octanol–water partition coefficient (Wildman–Crippen LogP) is 2.07. The molecule has 21 heavy (non-hydrogen) atoms. The Bertz CT molecular complexity index is 633. The predicted molar refractivity (Wildman–Crippen MR) is 77.5 cm³/mol. The number of hydrogen-bond donors (Lipinski definition) is 1. The standard InChI is InChI=1S/C13H17ClFNO4S/c1-8(7-20-3)6-16-13(17)11-5-10(21(14,18)19)4-9(2)12(11)15/h4-5,8H,6-7H2,1-3H3,(H,16,17). The maximum Gasteiger partial charge on any atom is 0.261 e. The SMILES string of the molecule is COCC(C)CNC(=O)c1cc(S(=O)(=O)Cl)cc(C)c1F. The molecule has 1 aromatic carbocycles. The highest BCUT2D eigenvalue weighted by atomic mass is 35.7. The van der Waals surface area contributed by atoms with Crippen LogP contribution in [0.1, 0.15) is 22.8 Å². The number of nitrogens with one attached hydrogen (secondary N) is 1. The van der Waals surface area contributed by atoms with Crippen molar-refractivity contribution in [3.63, 3.8) is 0 Å². The third-order valence-corrected chi connectivity index (χ3v) is 4.15. The van der Waals surface area contributed by atoms with Crippen LogP contribution < -0.4 is 5.32 Å². The summed E-state index contributed by atoms with van der Waals surface area (Å²) in [5, 5.41) is 2.53. The van der Waals surface area contributed by atoms with Crippen LogP contribution in [-0.2, 0) is 13.8 Å². The normalized spacial score (nSPS) is 13.0. The van der Waals surface area contributed by atoms with Gasteiger partial charge in [-0.1, -0.05) is 6.92 Å². The smallest absolute Gasteiger partial charge is 0.261 e. The van der Waals surface area contributed by atoms with Crippen molar-refractivity contribution < 1.29 is 22.3 Å². The van der Waals surface area contributed by atoms with E-state index in [1.54, 1.807) is 0 Å². The minimum atomic E-state index is -4.03. The van der Waals surface area contributed by atoms with Gasteiger partial charge in [-0.3, -0.25) is 4.79 Å². The summed E-state index contributed by atoms with van der Waals surface area (Å²) in [4.78, 5) is 11.7. The Morgan fingerprint density at radius 1 is 1.48 bits per heavy atom. The van der Waals surface area contributed by atoms with Gasteiger partial charge in [0.15, 0.2) is 0 Å². The minimum Gasteiger partial charge on any atom is -0.384 e. The van der Waals surface area contributed by atoms with E-state index in [4.69, 9.17) is 15.4 Å². The Kier molecular flexibility index (Phi) is 6.12. The lowest BCUT2D eigenvalue weighted by Crippen LogP contribution is -2.30. The second-order valence-electron chi connectivity index (χ2n) is 4.81. The zero-order valence-electron chi connectivity index (χ0n) is 11.9. The van der Waals surface area contributed by atoms with Crippen molar-refractivity contribution in [2.45, 2.75) is 18.7 Å². The first-order chi connectivity index (χ1) is 9.66. The average molecular weight is 338 g/mol. The number of hydrogen-bond acceptors (Lipinski definition) is 4. The van der Waals surface area contributed by atoms with Crippen molar-refractivity contribution in [1.82, 2.24) is 5.32 Å². The van der Waals surface area contributed by atoms with Crippen LogP contribution in [0.5, 0.6) is 0 Å². The van der Waals surface area contributed by atoms with Gasteiger partial charge in [0, 0.05) is 24.3 Å². The fourth-order valence-electron chi connectivity index (χ4n) is 1.75. The molecule has 1 unspecified atom stereocenters. The summed E-state index contributed by atoms with van der Waals surface area (Å²) in [6, 6.07) is 2.02. The summed E-state index contributed by atoms with van der Waals surface area (Å²) >= 11 is 0. The van der Waals surface area contributed by atoms with Crippen molar-refractivity contribution >= 4 is 25.6 Å². The highest BCUT2D eigenvalue weighted by Gasteiger charge is 2.20. The number of carbonyl (C=O) groups excluding carboxylic acids is 1. The summed E-state index contributed by atoms with van der Waals surface area (Å²) in [5.41, 5.74) is -0.314. The molecule has 1 N–H and O–H groups in total. The highest BCUT2D eigenvalue weighted by Crippen LogP contribution is 2.22. The molecule has 0 aliphatic rings. The summed E-state index contributed by atoms with van der Waals surface area (Å²) in [5.74, 6) is -1.42. The number of halogens is 2. The number of methoxy groups -OCH3 is 1. The number of rotatable bonds is 6. The van der Waals surface area contributed by atoms with Crippen molar-refractivity contribution in [3.05, 3.63) is 29.1 Å². The Labute approximate surface area is 127 Å². The van der Waals surface area contributed by atoms with Gasteiger partial charge in [0.25, 0.3) is 15.0 Å². The zero-order valence-corrected chi connectivity index (χ0v) is 13.5. The fraction of sp³-hybridized carbons (Fsp3) is 0.462. The molecule has 0 saturated heterocycles. The van der Waals surface area contributed by atoms with E-state index in [-0.39, 0.29) is 28.5 Å². The molecule has 5 nitrogen and oxygen atoms in total. The fourth-order valence-corrected chi connectivity index (χ4v) is 2.59. The third kappa shape index (κ3) is 4.94. The van der Waals surface area contributed by atoms with E-state index in [0.717, 1.165) is 12.1 Å². The Balaban J connectivity index is 3.01. The lowest BCUT2D eigenvalue weighted by molar-refractivity contribution is 0.0929. The first-order valence-electron chi connectivity index (χ1n) is 6.18. The molecular weight excluding hydrogens is 321 g/mol. The molecular formula is C13H17ClFNO4S. The number of carbonyl (C=O) groups is 1. The summed E-state index contributed by atoms with van der Waals surface area (Å²) in [6.07, 6.45) is 0. The van der Waals surface area contributed by atoms with E-state index in [1.165, 1.54) is 14.0 Å². The van der Waals surface area contributed by atoms with Gasteiger partial charge >= 0.3 is 0 Å². The van der Waals surface area contributed by atoms with Crippen LogP contribution in [0.2, 0.25) is 0 Å². The molecule has 0 fully saturated rings. The Morgan fingerprint density at radius 2 is 2.10 bits per heavy atom. The van der Waals surface area contributed by atoms with Crippen LogP contribution in [0.3, 0.4) is 0 Å². The summed E-state index contributed by atoms with van der Waals surface area (Å²) in [6.45, 7) is 3.94. The highest BCUT2D eigenvalue weighted by molar-refractivity contribution is 8.13. The second-order valence-corrected chi connectivity index (χ2v) is 7.38. The summed E-state index contributed by atoms with van der Waals surface area (Å²) < 4.78 is 41.5. The molecule has 0 aliphatic heterocycles. The molecule has 1 amide bonds. The lowest BCUT2D eigenvalue weighted by atomic mass is 10.1. The van der Waals surface area contributed by atoms with Crippen molar-refractivity contribution in [3.8, 4) is 0 Å². The monoisotopic (exact) mass is 337 g/mol. The number of amides is 1. The molecule has 0 aliphatic carbocycles. The van der Waals surface area contributed by atoms with Crippen LogP contribution in [-0.4, -0.2) is 34.6 Å². The largest absolute Gasteiger partial charge is 0.384 e. The molecule has 1 rings (SSSR count). The topological polar surface area (TPSA) is 72.5 Å². The van der Waals surface area contributed by atoms with Gasteiger partial charge in [-0.25, -0.2) is 12.8 Å². The molecule has 0 aromatic heterocycles. The maximum absolute atomic E-state index is 14.0. The van der Waals surface area contributed by atoms with Crippen molar-refractivity contribution in [2.75, 3.05) is 20.3 Å². The van der Waals surface area contributed by atoms with Gasteiger partial charge in [0.2, 0.25) is 0 Å². The van der Waals surface area contributed by atoms with Crippen LogP contribution in [0.15, 0.2) is 17.0 Å². The van der Waals surface area contributed by atoms with Gasteiger partial charge in [0.05, 0.1) is 17.1 Å². The van der Waals surface area contributed by atoms with Crippen LogP contribution >= 0.6 is 10.7 Å². The molecule has 118 valence electrons. The number of benzene rings is 1. The van der Waals surface area contributed by atoms with Crippen molar-refractivity contribution in [1.29, 1.82) is 0 Å². The molecule has 0 saturated carbocycles. The van der Waals surface area contributed by atoms with E-state index in [1.807, 2.05) is 6.92 Å². The molecule has 0 bridgehead atoms. The number of ether oxygens (including phenoxy) is 1. The van der Waals surface area contributed by atoms with Gasteiger partial charge in [-0.05, 0) is 30.5 Å². The Hall–Kier alpha value is -1.18. The Morgan fingerprint density at radius 3 is 2.62 bits per heavy atom. The van der Waals surface area contributed by atoms with E-state index >= 15 is 0 Å². The molecule has 8 heteroatoms. The maximum atomic E-state index is 14.0. The van der Waals surface area contributed by atoms with E-state index in [2.05, 4.69) is 5.32 Å². The first kappa shape index (κ1) is 17.9.